The number of piperazine rings is 1. The molecule has 1 aliphatic heterocycles. The maximum atomic E-state index is 12.0. The Bertz CT molecular complexity index is 652. The number of carbonyl (C=O) groups is 1. The highest BCUT2D eigenvalue weighted by Gasteiger charge is 2.24. The first-order chi connectivity index (χ1) is 12.7. The van der Waals surface area contributed by atoms with E-state index in [-0.39, 0.29) is 42.0 Å². The van der Waals surface area contributed by atoms with Gasteiger partial charge in [0.25, 0.3) is 0 Å². The lowest BCUT2D eigenvalue weighted by atomic mass is 10.1. The average Bonchev–Trinajstić information content (AvgIpc) is 2.61. The van der Waals surface area contributed by atoms with Crippen molar-refractivity contribution in [2.45, 2.75) is 39.3 Å². The molecule has 28 heavy (non-hydrogen) atoms. The van der Waals surface area contributed by atoms with E-state index in [1.54, 1.807) is 7.05 Å². The van der Waals surface area contributed by atoms with Gasteiger partial charge in [-0.3, -0.25) is 14.7 Å². The van der Waals surface area contributed by atoms with Gasteiger partial charge in [0.15, 0.2) is 5.96 Å². The van der Waals surface area contributed by atoms with Gasteiger partial charge in [-0.2, -0.15) is 0 Å². The predicted molar refractivity (Wildman–Crippen MR) is 130 cm³/mol. The normalized spacial score (nSPS) is 16.9. The van der Waals surface area contributed by atoms with Crippen molar-refractivity contribution in [3.05, 3.63) is 34.3 Å². The van der Waals surface area contributed by atoms with Gasteiger partial charge in [0.1, 0.15) is 0 Å². The quantitative estimate of drug-likeness (QED) is 0.334. The van der Waals surface area contributed by atoms with Crippen molar-refractivity contribution in [3.8, 4) is 0 Å². The maximum absolute atomic E-state index is 12.0. The monoisotopic (exact) mass is 565 g/mol. The van der Waals surface area contributed by atoms with E-state index in [0.29, 0.717) is 6.04 Å². The van der Waals surface area contributed by atoms with Gasteiger partial charge in [-0.25, -0.2) is 0 Å². The van der Waals surface area contributed by atoms with Crippen LogP contribution in [0.4, 0.5) is 0 Å². The number of carbonyl (C=O) groups excluding carboxylic acids is 1. The standard InChI is InChI=1S/C20H32BrN5O.HI/c1-15(16-6-8-17(21)9-7-16)25-10-12-26(13-11-25)19(22-5)23-14-18(27)24-20(2,3)4;/h6-9,15H,10-14H2,1-5H3,(H,22,23)(H,24,27);1H. The largest absolute Gasteiger partial charge is 0.350 e. The highest BCUT2D eigenvalue weighted by Crippen LogP contribution is 2.23. The molecule has 1 atom stereocenters. The molecule has 0 radical (unpaired) electrons. The molecular formula is C20H33BrIN5O. The summed E-state index contributed by atoms with van der Waals surface area (Å²) < 4.78 is 1.11. The smallest absolute Gasteiger partial charge is 0.239 e. The number of aliphatic imine (C=N–C) groups is 1. The fourth-order valence-corrected chi connectivity index (χ4v) is 3.49. The van der Waals surface area contributed by atoms with E-state index in [0.717, 1.165) is 36.6 Å². The summed E-state index contributed by atoms with van der Waals surface area (Å²) in [5.41, 5.74) is 1.10. The van der Waals surface area contributed by atoms with Gasteiger partial charge in [0.05, 0.1) is 6.54 Å². The first-order valence-electron chi connectivity index (χ1n) is 9.46. The summed E-state index contributed by atoms with van der Waals surface area (Å²) in [5.74, 6) is 0.765. The highest BCUT2D eigenvalue weighted by molar-refractivity contribution is 14.0. The summed E-state index contributed by atoms with van der Waals surface area (Å²) in [6, 6.07) is 8.92. The number of nitrogens with one attached hydrogen (secondary N) is 2. The Balaban J connectivity index is 0.00000392. The van der Waals surface area contributed by atoms with Crippen LogP contribution in [-0.2, 0) is 4.79 Å². The first kappa shape index (κ1) is 25.2. The van der Waals surface area contributed by atoms with Gasteiger partial charge < -0.3 is 15.5 Å². The average molecular weight is 566 g/mol. The number of nitrogens with zero attached hydrogens (tertiary/aromatic N) is 3. The van der Waals surface area contributed by atoms with Crippen molar-refractivity contribution < 1.29 is 4.79 Å². The summed E-state index contributed by atoms with van der Waals surface area (Å²) in [4.78, 5) is 21.1. The molecule has 8 heteroatoms. The Morgan fingerprint density at radius 2 is 1.75 bits per heavy atom. The second kappa shape index (κ2) is 11.3. The number of amides is 1. The summed E-state index contributed by atoms with van der Waals surface area (Å²) in [5, 5.41) is 6.14. The lowest BCUT2D eigenvalue weighted by molar-refractivity contribution is -0.121. The van der Waals surface area contributed by atoms with Crippen LogP contribution in [0.5, 0.6) is 0 Å². The van der Waals surface area contributed by atoms with E-state index < -0.39 is 0 Å². The molecule has 0 bridgehead atoms. The number of rotatable bonds is 4. The van der Waals surface area contributed by atoms with Crippen LogP contribution in [0, 0.1) is 0 Å². The second-order valence-electron chi connectivity index (χ2n) is 7.95. The number of hydrogen-bond donors (Lipinski definition) is 2. The molecule has 1 heterocycles. The SMILES string of the molecule is CN=C(NCC(=O)NC(C)(C)C)N1CCN(C(C)c2ccc(Br)cc2)CC1.I. The van der Waals surface area contributed by atoms with Crippen LogP contribution >= 0.6 is 39.9 Å². The molecule has 2 N–H and O–H groups in total. The zero-order valence-electron chi connectivity index (χ0n) is 17.5. The summed E-state index contributed by atoms with van der Waals surface area (Å²) >= 11 is 3.49. The topological polar surface area (TPSA) is 60.0 Å². The number of guanidine groups is 1. The van der Waals surface area contributed by atoms with Crippen LogP contribution in [0.3, 0.4) is 0 Å². The fourth-order valence-electron chi connectivity index (χ4n) is 3.23. The predicted octanol–water partition coefficient (Wildman–Crippen LogP) is 3.24. The molecule has 0 aliphatic carbocycles. The van der Waals surface area contributed by atoms with Crippen molar-refractivity contribution >= 4 is 51.8 Å². The van der Waals surface area contributed by atoms with Crippen LogP contribution in [0.1, 0.15) is 39.3 Å². The first-order valence-corrected chi connectivity index (χ1v) is 10.2. The van der Waals surface area contributed by atoms with Crippen molar-refractivity contribution in [2.24, 2.45) is 4.99 Å². The second-order valence-corrected chi connectivity index (χ2v) is 8.87. The molecule has 0 spiro atoms. The van der Waals surface area contributed by atoms with E-state index in [1.807, 2.05) is 20.8 Å². The molecule has 1 amide bonds. The minimum Gasteiger partial charge on any atom is -0.350 e. The summed E-state index contributed by atoms with van der Waals surface area (Å²) in [7, 11) is 1.76. The Morgan fingerprint density at radius 1 is 1.18 bits per heavy atom. The van der Waals surface area contributed by atoms with E-state index in [1.165, 1.54) is 5.56 Å². The molecule has 1 aromatic rings. The molecule has 1 aromatic carbocycles. The van der Waals surface area contributed by atoms with E-state index in [2.05, 4.69) is 72.5 Å². The Hall–Kier alpha value is -0.870. The third-order valence-electron chi connectivity index (χ3n) is 4.65. The number of halogens is 2. The Labute approximate surface area is 194 Å². The van der Waals surface area contributed by atoms with Gasteiger partial charge in [0, 0.05) is 49.3 Å². The van der Waals surface area contributed by atoms with Gasteiger partial charge >= 0.3 is 0 Å². The molecule has 1 unspecified atom stereocenters. The molecule has 158 valence electrons. The van der Waals surface area contributed by atoms with E-state index in [4.69, 9.17) is 0 Å². The number of benzene rings is 1. The van der Waals surface area contributed by atoms with Gasteiger partial charge in [-0.1, -0.05) is 28.1 Å². The van der Waals surface area contributed by atoms with Gasteiger partial charge in [-0.05, 0) is 45.4 Å². The molecule has 0 aromatic heterocycles. The zero-order valence-corrected chi connectivity index (χ0v) is 21.4. The van der Waals surface area contributed by atoms with Crippen molar-refractivity contribution in [2.75, 3.05) is 39.8 Å². The fraction of sp³-hybridized carbons (Fsp3) is 0.600. The summed E-state index contributed by atoms with van der Waals surface area (Å²) in [6.07, 6.45) is 0. The third-order valence-corrected chi connectivity index (χ3v) is 5.18. The van der Waals surface area contributed by atoms with Crippen molar-refractivity contribution in [1.82, 2.24) is 20.4 Å². The van der Waals surface area contributed by atoms with Crippen LogP contribution < -0.4 is 10.6 Å². The van der Waals surface area contributed by atoms with Crippen LogP contribution in [0.25, 0.3) is 0 Å². The van der Waals surface area contributed by atoms with Gasteiger partial charge in [0.2, 0.25) is 5.91 Å². The van der Waals surface area contributed by atoms with Gasteiger partial charge in [-0.15, -0.1) is 24.0 Å². The third kappa shape index (κ3) is 7.87. The van der Waals surface area contributed by atoms with E-state index in [9.17, 15) is 4.79 Å². The lowest BCUT2D eigenvalue weighted by Gasteiger charge is -2.39. The summed E-state index contributed by atoms with van der Waals surface area (Å²) in [6.45, 7) is 12.1. The van der Waals surface area contributed by atoms with Crippen LogP contribution in [0.15, 0.2) is 33.7 Å². The molecule has 6 nitrogen and oxygen atoms in total. The molecule has 1 fully saturated rings. The maximum Gasteiger partial charge on any atom is 0.239 e. The minimum absolute atomic E-state index is 0. The molecule has 2 rings (SSSR count). The highest BCUT2D eigenvalue weighted by atomic mass is 127. The minimum atomic E-state index is -0.225. The Kier molecular flexibility index (Phi) is 10.2. The van der Waals surface area contributed by atoms with E-state index >= 15 is 0 Å². The number of hydrogen-bond acceptors (Lipinski definition) is 3. The molecular weight excluding hydrogens is 533 g/mol. The van der Waals surface area contributed by atoms with Crippen molar-refractivity contribution in [3.63, 3.8) is 0 Å². The zero-order chi connectivity index (χ0) is 20.0. The lowest BCUT2D eigenvalue weighted by Crippen LogP contribution is -2.54. The van der Waals surface area contributed by atoms with Crippen LogP contribution in [-0.4, -0.2) is 67.0 Å². The Morgan fingerprint density at radius 3 is 2.25 bits per heavy atom. The molecule has 0 saturated carbocycles. The van der Waals surface area contributed by atoms with Crippen LogP contribution in [0.2, 0.25) is 0 Å². The molecule has 1 saturated heterocycles. The molecule has 1 aliphatic rings. The van der Waals surface area contributed by atoms with Crippen molar-refractivity contribution in [1.29, 1.82) is 0 Å².